The number of hydrogen-bond donors (Lipinski definition) is 0. The van der Waals surface area contributed by atoms with Crippen LogP contribution in [-0.4, -0.2) is 0 Å². The summed E-state index contributed by atoms with van der Waals surface area (Å²) in [5.74, 6) is 3.87. The van der Waals surface area contributed by atoms with Crippen LogP contribution in [0.3, 0.4) is 0 Å². The Balaban J connectivity index is 1.78. The van der Waals surface area contributed by atoms with Crippen LogP contribution in [0, 0.1) is 23.7 Å². The first-order valence-electron chi connectivity index (χ1n) is 8.13. The monoisotopic (exact) mass is 372 g/mol. The maximum Gasteiger partial charge on any atom is 0.0796 e. The van der Waals surface area contributed by atoms with E-state index < -0.39 is 0 Å². The van der Waals surface area contributed by atoms with E-state index in [0.717, 1.165) is 23.7 Å². The Morgan fingerprint density at radius 2 is 0.955 bits per heavy atom. The van der Waals surface area contributed by atoms with Gasteiger partial charge in [-0.15, -0.1) is 0 Å². The molecule has 0 unspecified atom stereocenters. The van der Waals surface area contributed by atoms with E-state index in [2.05, 4.69) is 12.2 Å². The SMILES string of the molecule is Clc1c(Cl)c(Cl)c2c(c1Cl)[C@H]1C=C[C@@H]2[C@H]2C3CCC(CC3)[C@H]21. The van der Waals surface area contributed by atoms with Crippen LogP contribution in [0.1, 0.15) is 48.6 Å². The number of allylic oxidation sites excluding steroid dienone is 2. The molecule has 4 atom stereocenters. The Morgan fingerprint density at radius 1 is 0.591 bits per heavy atom. The minimum absolute atomic E-state index is 0.373. The summed E-state index contributed by atoms with van der Waals surface area (Å²) in [6.07, 6.45) is 10.2. The van der Waals surface area contributed by atoms with E-state index in [9.17, 15) is 0 Å². The molecule has 0 amide bonds. The molecule has 22 heavy (non-hydrogen) atoms. The average Bonchev–Trinajstić information content (AvgIpc) is 2.58. The van der Waals surface area contributed by atoms with Crippen molar-refractivity contribution in [3.63, 3.8) is 0 Å². The fraction of sp³-hybridized carbons (Fsp3) is 0.556. The zero-order valence-corrected chi connectivity index (χ0v) is 15.0. The Morgan fingerprint density at radius 3 is 1.32 bits per heavy atom. The van der Waals surface area contributed by atoms with Crippen molar-refractivity contribution in [2.45, 2.75) is 37.5 Å². The van der Waals surface area contributed by atoms with Crippen molar-refractivity contribution >= 4 is 46.4 Å². The van der Waals surface area contributed by atoms with Gasteiger partial charge in [0, 0.05) is 11.8 Å². The molecule has 0 saturated heterocycles. The van der Waals surface area contributed by atoms with Crippen LogP contribution >= 0.6 is 46.4 Å². The highest BCUT2D eigenvalue weighted by Crippen LogP contribution is 2.66. The summed E-state index contributed by atoms with van der Waals surface area (Å²) < 4.78 is 0. The maximum absolute atomic E-state index is 6.61. The van der Waals surface area contributed by atoms with Gasteiger partial charge in [-0.1, -0.05) is 58.6 Å². The molecule has 0 N–H and O–H groups in total. The first-order valence-corrected chi connectivity index (χ1v) is 9.64. The standard InChI is InChI=1S/C18H16Cl4/c19-15-13-9-5-6-10(14(13)16(20)18(22)17(15)21)12-8-2-1-7(3-4-8)11(9)12/h5-12H,1-4H2/t7?,8?,9-,10+,11-,12+. The van der Waals surface area contributed by atoms with Gasteiger partial charge in [-0.2, -0.15) is 0 Å². The van der Waals surface area contributed by atoms with Crippen molar-refractivity contribution < 1.29 is 0 Å². The van der Waals surface area contributed by atoms with Gasteiger partial charge in [-0.3, -0.25) is 0 Å². The Bertz CT molecular complexity index is 641. The fourth-order valence-electron chi connectivity index (χ4n) is 6.00. The van der Waals surface area contributed by atoms with Crippen LogP contribution in [0.25, 0.3) is 0 Å². The lowest BCUT2D eigenvalue weighted by molar-refractivity contribution is -0.00634. The molecule has 6 aliphatic carbocycles. The molecule has 1 aromatic rings. The van der Waals surface area contributed by atoms with Crippen LogP contribution in [0.4, 0.5) is 0 Å². The normalized spacial score (nSPS) is 40.7. The van der Waals surface area contributed by atoms with Crippen molar-refractivity contribution in [3.05, 3.63) is 43.4 Å². The summed E-state index contributed by atoms with van der Waals surface area (Å²) in [4.78, 5) is 0. The molecule has 3 saturated carbocycles. The van der Waals surface area contributed by atoms with Crippen LogP contribution in [0.2, 0.25) is 20.1 Å². The molecule has 0 aromatic heterocycles. The van der Waals surface area contributed by atoms with Crippen molar-refractivity contribution in [1.82, 2.24) is 0 Å². The average molecular weight is 374 g/mol. The van der Waals surface area contributed by atoms with Crippen LogP contribution in [0.5, 0.6) is 0 Å². The molecule has 0 aliphatic heterocycles. The van der Waals surface area contributed by atoms with E-state index in [0.29, 0.717) is 31.9 Å². The summed E-state index contributed by atoms with van der Waals surface area (Å²) in [6.45, 7) is 0. The molecular formula is C18H16Cl4. The summed E-state index contributed by atoms with van der Waals surface area (Å²) in [5.41, 5.74) is 2.34. The Hall–Kier alpha value is 0.120. The highest BCUT2D eigenvalue weighted by Gasteiger charge is 2.55. The van der Waals surface area contributed by atoms with E-state index in [1.807, 2.05) is 0 Å². The zero-order valence-electron chi connectivity index (χ0n) is 12.0. The first kappa shape index (κ1) is 14.5. The molecule has 7 rings (SSSR count). The van der Waals surface area contributed by atoms with Gasteiger partial charge < -0.3 is 0 Å². The van der Waals surface area contributed by atoms with Gasteiger partial charge in [0.05, 0.1) is 20.1 Å². The van der Waals surface area contributed by atoms with Gasteiger partial charge in [0.2, 0.25) is 0 Å². The van der Waals surface area contributed by atoms with Gasteiger partial charge in [-0.05, 0) is 60.5 Å². The van der Waals surface area contributed by atoms with Crippen LogP contribution in [-0.2, 0) is 0 Å². The largest absolute Gasteiger partial charge is 0.0823 e. The number of fused-ring (bicyclic) bond motifs is 2. The number of benzene rings is 1. The van der Waals surface area contributed by atoms with Crippen LogP contribution in [0.15, 0.2) is 12.2 Å². The lowest BCUT2D eigenvalue weighted by atomic mass is 9.46. The Labute approximate surface area is 150 Å². The van der Waals surface area contributed by atoms with E-state index in [1.54, 1.807) is 0 Å². The molecule has 0 nitrogen and oxygen atoms in total. The predicted octanol–water partition coefficient (Wildman–Crippen LogP) is 7.10. The molecular weight excluding hydrogens is 358 g/mol. The van der Waals surface area contributed by atoms with E-state index in [-0.39, 0.29) is 0 Å². The summed E-state index contributed by atoms with van der Waals surface area (Å²) in [6, 6.07) is 0. The highest BCUT2D eigenvalue weighted by atomic mass is 35.5. The molecule has 4 heteroatoms. The van der Waals surface area contributed by atoms with Gasteiger partial charge in [0.25, 0.3) is 0 Å². The third-order valence-corrected chi connectivity index (χ3v) is 8.54. The lowest BCUT2D eigenvalue weighted by Gasteiger charge is -2.58. The van der Waals surface area contributed by atoms with E-state index in [4.69, 9.17) is 46.4 Å². The second-order valence-corrected chi connectivity index (χ2v) is 8.86. The second-order valence-electron chi connectivity index (χ2n) is 7.35. The molecule has 6 aliphatic rings. The molecule has 0 radical (unpaired) electrons. The molecule has 4 bridgehead atoms. The van der Waals surface area contributed by atoms with Gasteiger partial charge in [0.1, 0.15) is 0 Å². The molecule has 3 fully saturated rings. The third-order valence-electron chi connectivity index (χ3n) is 6.71. The second kappa shape index (κ2) is 4.82. The van der Waals surface area contributed by atoms with Gasteiger partial charge >= 0.3 is 0 Å². The van der Waals surface area contributed by atoms with E-state index >= 15 is 0 Å². The van der Waals surface area contributed by atoms with Crippen molar-refractivity contribution in [3.8, 4) is 0 Å². The quantitative estimate of drug-likeness (QED) is 0.258. The number of rotatable bonds is 0. The summed E-state index contributed by atoms with van der Waals surface area (Å²) in [5, 5.41) is 2.10. The van der Waals surface area contributed by atoms with Gasteiger partial charge in [-0.25, -0.2) is 0 Å². The number of halogens is 4. The molecule has 116 valence electrons. The predicted molar refractivity (Wildman–Crippen MR) is 93.5 cm³/mol. The van der Waals surface area contributed by atoms with Gasteiger partial charge in [0.15, 0.2) is 0 Å². The molecule has 1 aromatic carbocycles. The van der Waals surface area contributed by atoms with E-state index in [1.165, 1.54) is 36.8 Å². The minimum Gasteiger partial charge on any atom is -0.0823 e. The topological polar surface area (TPSA) is 0 Å². The lowest BCUT2D eigenvalue weighted by Crippen LogP contribution is -2.49. The minimum atomic E-state index is 0.373. The first-order chi connectivity index (χ1) is 10.6. The van der Waals surface area contributed by atoms with Crippen molar-refractivity contribution in [1.29, 1.82) is 0 Å². The van der Waals surface area contributed by atoms with Crippen LogP contribution < -0.4 is 0 Å². The maximum atomic E-state index is 6.61. The van der Waals surface area contributed by atoms with Crippen molar-refractivity contribution in [2.75, 3.05) is 0 Å². The highest BCUT2D eigenvalue weighted by molar-refractivity contribution is 6.52. The Kier molecular flexibility index (Phi) is 3.17. The smallest absolute Gasteiger partial charge is 0.0796 e. The number of hydrogen-bond acceptors (Lipinski definition) is 0. The van der Waals surface area contributed by atoms with Crippen molar-refractivity contribution in [2.24, 2.45) is 23.7 Å². The summed E-state index contributed by atoms with van der Waals surface area (Å²) in [7, 11) is 0. The zero-order chi connectivity index (χ0) is 15.2. The summed E-state index contributed by atoms with van der Waals surface area (Å²) >= 11 is 25.9. The molecule has 0 spiro atoms. The fourth-order valence-corrected chi connectivity index (χ4v) is 7.13. The third kappa shape index (κ3) is 1.63. The molecule has 0 heterocycles.